The van der Waals surface area contributed by atoms with Crippen molar-refractivity contribution in [3.63, 3.8) is 0 Å². The lowest BCUT2D eigenvalue weighted by molar-refractivity contribution is 0.620. The number of allylic oxidation sites excluding steroid dienone is 1. The van der Waals surface area contributed by atoms with Gasteiger partial charge in [0.15, 0.2) is 0 Å². The molecule has 0 N–H and O–H groups in total. The maximum atomic E-state index is 3.87. The standard InChI is InChI=1S/C15H20/c1-4-9-14(10-5-2)15-12-8-7-11-13(15)6-3/h4,6-8,11-12,14H,1,3,5,9-10H2,2H3. The molecule has 0 radical (unpaired) electrons. The zero-order chi connectivity index (χ0) is 11.1. The minimum Gasteiger partial charge on any atom is -0.103 e. The van der Waals surface area contributed by atoms with Crippen LogP contribution in [0, 0.1) is 0 Å². The molecule has 1 atom stereocenters. The van der Waals surface area contributed by atoms with Gasteiger partial charge in [-0.25, -0.2) is 0 Å². The third-order valence-electron chi connectivity index (χ3n) is 2.74. The monoisotopic (exact) mass is 200 g/mol. The number of hydrogen-bond donors (Lipinski definition) is 0. The van der Waals surface area contributed by atoms with E-state index in [1.165, 1.54) is 24.0 Å². The van der Waals surface area contributed by atoms with E-state index in [4.69, 9.17) is 0 Å². The SMILES string of the molecule is C=CCC(CCC)c1ccccc1C=C. The second-order valence-electron chi connectivity index (χ2n) is 3.84. The molecule has 0 aliphatic carbocycles. The molecule has 0 aliphatic heterocycles. The summed E-state index contributed by atoms with van der Waals surface area (Å²) >= 11 is 0. The molecule has 0 saturated heterocycles. The third-order valence-corrected chi connectivity index (χ3v) is 2.74. The van der Waals surface area contributed by atoms with Crippen LogP contribution in [0.1, 0.15) is 43.2 Å². The molecule has 1 rings (SSSR count). The minimum atomic E-state index is 0.599. The van der Waals surface area contributed by atoms with Crippen LogP contribution in [0.25, 0.3) is 6.08 Å². The maximum Gasteiger partial charge on any atom is -0.0122 e. The van der Waals surface area contributed by atoms with Crippen molar-refractivity contribution in [1.82, 2.24) is 0 Å². The van der Waals surface area contributed by atoms with E-state index in [-0.39, 0.29) is 0 Å². The van der Waals surface area contributed by atoms with Gasteiger partial charge in [0, 0.05) is 0 Å². The van der Waals surface area contributed by atoms with E-state index >= 15 is 0 Å². The molecule has 0 spiro atoms. The first-order valence-corrected chi connectivity index (χ1v) is 5.65. The summed E-state index contributed by atoms with van der Waals surface area (Å²) in [7, 11) is 0. The van der Waals surface area contributed by atoms with Gasteiger partial charge >= 0.3 is 0 Å². The van der Waals surface area contributed by atoms with Crippen LogP contribution >= 0.6 is 0 Å². The number of hydrogen-bond acceptors (Lipinski definition) is 0. The van der Waals surface area contributed by atoms with Gasteiger partial charge in [-0.2, -0.15) is 0 Å². The average Bonchev–Trinajstić information content (AvgIpc) is 2.29. The Hall–Kier alpha value is -1.30. The van der Waals surface area contributed by atoms with Gasteiger partial charge in [-0.15, -0.1) is 6.58 Å². The lowest BCUT2D eigenvalue weighted by atomic mass is 9.88. The summed E-state index contributed by atoms with van der Waals surface area (Å²) in [6.07, 6.45) is 7.45. The van der Waals surface area contributed by atoms with E-state index in [9.17, 15) is 0 Å². The zero-order valence-corrected chi connectivity index (χ0v) is 9.58. The highest BCUT2D eigenvalue weighted by Crippen LogP contribution is 2.28. The van der Waals surface area contributed by atoms with Crippen molar-refractivity contribution in [2.24, 2.45) is 0 Å². The first-order chi connectivity index (χ1) is 7.33. The zero-order valence-electron chi connectivity index (χ0n) is 9.58. The quantitative estimate of drug-likeness (QED) is 0.579. The largest absolute Gasteiger partial charge is 0.103 e. The van der Waals surface area contributed by atoms with E-state index in [2.05, 4.69) is 44.3 Å². The topological polar surface area (TPSA) is 0 Å². The van der Waals surface area contributed by atoms with Crippen molar-refractivity contribution in [2.75, 3.05) is 0 Å². The van der Waals surface area contributed by atoms with Gasteiger partial charge in [-0.1, -0.05) is 56.3 Å². The molecule has 80 valence electrons. The molecule has 0 heteroatoms. The highest BCUT2D eigenvalue weighted by atomic mass is 14.2. The van der Waals surface area contributed by atoms with Crippen molar-refractivity contribution in [1.29, 1.82) is 0 Å². The van der Waals surface area contributed by atoms with Crippen LogP contribution in [0.2, 0.25) is 0 Å². The summed E-state index contributed by atoms with van der Waals surface area (Å²) in [5.41, 5.74) is 2.67. The van der Waals surface area contributed by atoms with Crippen molar-refractivity contribution >= 4 is 6.08 Å². The van der Waals surface area contributed by atoms with Crippen LogP contribution in [0.15, 0.2) is 43.5 Å². The molecule has 15 heavy (non-hydrogen) atoms. The fraction of sp³-hybridized carbons (Fsp3) is 0.333. The summed E-state index contributed by atoms with van der Waals surface area (Å²) in [6, 6.07) is 8.51. The first kappa shape index (κ1) is 11.8. The maximum absolute atomic E-state index is 3.87. The lowest BCUT2D eigenvalue weighted by Gasteiger charge is -2.17. The lowest BCUT2D eigenvalue weighted by Crippen LogP contribution is -1.99. The van der Waals surface area contributed by atoms with Crippen LogP contribution in [0.4, 0.5) is 0 Å². The summed E-state index contributed by atoms with van der Waals surface area (Å²) < 4.78 is 0. The predicted octanol–water partition coefficient (Wildman–Crippen LogP) is 4.79. The molecule has 0 saturated carbocycles. The van der Waals surface area contributed by atoms with Crippen LogP contribution in [-0.4, -0.2) is 0 Å². The predicted molar refractivity (Wildman–Crippen MR) is 69.0 cm³/mol. The van der Waals surface area contributed by atoms with Crippen molar-refractivity contribution in [3.05, 3.63) is 54.6 Å². The molecule has 0 heterocycles. The molecular formula is C15H20. The first-order valence-electron chi connectivity index (χ1n) is 5.65. The summed E-state index contributed by atoms with van der Waals surface area (Å²) in [5.74, 6) is 0.599. The van der Waals surface area contributed by atoms with Gasteiger partial charge in [-0.05, 0) is 29.9 Å². The molecule has 0 bridgehead atoms. The summed E-state index contributed by atoms with van der Waals surface area (Å²) in [6.45, 7) is 9.94. The number of rotatable bonds is 6. The Bertz CT molecular complexity index is 323. The van der Waals surface area contributed by atoms with E-state index < -0.39 is 0 Å². The van der Waals surface area contributed by atoms with E-state index in [1.807, 2.05) is 12.2 Å². The summed E-state index contributed by atoms with van der Waals surface area (Å²) in [5, 5.41) is 0. The minimum absolute atomic E-state index is 0.599. The van der Waals surface area contributed by atoms with Gasteiger partial charge < -0.3 is 0 Å². The van der Waals surface area contributed by atoms with Gasteiger partial charge in [0.05, 0.1) is 0 Å². The molecule has 0 fully saturated rings. The Labute approximate surface area is 93.3 Å². The van der Waals surface area contributed by atoms with Gasteiger partial charge in [0.1, 0.15) is 0 Å². The highest BCUT2D eigenvalue weighted by molar-refractivity contribution is 5.53. The highest BCUT2D eigenvalue weighted by Gasteiger charge is 2.11. The average molecular weight is 200 g/mol. The Balaban J connectivity index is 2.97. The summed E-state index contributed by atoms with van der Waals surface area (Å²) in [4.78, 5) is 0. The molecule has 0 amide bonds. The second-order valence-corrected chi connectivity index (χ2v) is 3.84. The van der Waals surface area contributed by atoms with Gasteiger partial charge in [0.2, 0.25) is 0 Å². The smallest absolute Gasteiger partial charge is 0.0122 e. The number of benzene rings is 1. The Morgan fingerprint density at radius 3 is 2.60 bits per heavy atom. The van der Waals surface area contributed by atoms with Crippen LogP contribution in [0.5, 0.6) is 0 Å². The van der Waals surface area contributed by atoms with E-state index in [1.54, 1.807) is 0 Å². The van der Waals surface area contributed by atoms with E-state index in [0.717, 1.165) is 6.42 Å². The van der Waals surface area contributed by atoms with Gasteiger partial charge in [0.25, 0.3) is 0 Å². The van der Waals surface area contributed by atoms with Crippen LogP contribution in [-0.2, 0) is 0 Å². The molecular weight excluding hydrogens is 180 g/mol. The molecule has 0 nitrogen and oxygen atoms in total. The molecule has 0 aliphatic rings. The molecule has 1 unspecified atom stereocenters. The van der Waals surface area contributed by atoms with Gasteiger partial charge in [-0.3, -0.25) is 0 Å². The van der Waals surface area contributed by atoms with Crippen molar-refractivity contribution < 1.29 is 0 Å². The van der Waals surface area contributed by atoms with E-state index in [0.29, 0.717) is 5.92 Å². The fourth-order valence-electron chi connectivity index (χ4n) is 2.02. The fourth-order valence-corrected chi connectivity index (χ4v) is 2.02. The van der Waals surface area contributed by atoms with Crippen LogP contribution < -0.4 is 0 Å². The third kappa shape index (κ3) is 3.09. The Kier molecular flexibility index (Phi) is 4.89. The second kappa shape index (κ2) is 6.23. The molecule has 0 aromatic heterocycles. The van der Waals surface area contributed by atoms with Crippen molar-refractivity contribution in [3.8, 4) is 0 Å². The normalized spacial score (nSPS) is 12.1. The van der Waals surface area contributed by atoms with Crippen molar-refractivity contribution in [2.45, 2.75) is 32.1 Å². The Morgan fingerprint density at radius 2 is 2.00 bits per heavy atom. The molecule has 1 aromatic carbocycles. The molecule has 1 aromatic rings. The Morgan fingerprint density at radius 1 is 1.27 bits per heavy atom. The van der Waals surface area contributed by atoms with Crippen LogP contribution in [0.3, 0.4) is 0 Å².